The molecule has 1 aromatic heterocycles. The fourth-order valence-electron chi connectivity index (χ4n) is 0.591. The van der Waals surface area contributed by atoms with Crippen LogP contribution in [0.5, 0.6) is 0 Å². The second-order valence-electron chi connectivity index (χ2n) is 2.25. The van der Waals surface area contributed by atoms with Crippen LogP contribution in [0.1, 0.15) is 11.4 Å². The van der Waals surface area contributed by atoms with Crippen LogP contribution in [0, 0.1) is 6.92 Å². The molecule has 0 fully saturated rings. The predicted octanol–water partition coefficient (Wildman–Crippen LogP) is 3.92. The summed E-state index contributed by atoms with van der Waals surface area (Å²) < 4.78 is -1.71. The van der Waals surface area contributed by atoms with Gasteiger partial charge in [0.1, 0.15) is 10.3 Å². The van der Waals surface area contributed by atoms with Crippen molar-refractivity contribution in [3.05, 3.63) is 21.7 Å². The van der Waals surface area contributed by atoms with E-state index in [1.54, 1.807) is 6.92 Å². The number of nitrogens with zero attached hydrogens (tertiary/aromatic N) is 2. The molecule has 0 aliphatic rings. The van der Waals surface area contributed by atoms with Crippen LogP contribution in [-0.2, 0) is 3.79 Å². The van der Waals surface area contributed by atoms with Gasteiger partial charge in [0.15, 0.2) is 5.82 Å². The fourth-order valence-corrected chi connectivity index (χ4v) is 1.23. The minimum absolute atomic E-state index is 0.0295. The third-order valence-electron chi connectivity index (χ3n) is 1.28. The number of hydrogen-bond acceptors (Lipinski definition) is 2. The van der Waals surface area contributed by atoms with Crippen LogP contribution in [0.2, 0.25) is 10.3 Å². The summed E-state index contributed by atoms with van der Waals surface area (Å²) in [6.07, 6.45) is 0. The van der Waals surface area contributed by atoms with Gasteiger partial charge in [0.2, 0.25) is 3.79 Å². The molecule has 0 saturated heterocycles. The van der Waals surface area contributed by atoms with Crippen LogP contribution in [0.15, 0.2) is 0 Å². The molecule has 0 bridgehead atoms. The number of halogens is 5. The van der Waals surface area contributed by atoms with Crippen LogP contribution < -0.4 is 0 Å². The van der Waals surface area contributed by atoms with Crippen molar-refractivity contribution in [2.75, 3.05) is 0 Å². The molecule has 0 radical (unpaired) electrons. The topological polar surface area (TPSA) is 25.8 Å². The molecule has 0 aliphatic carbocycles. The molecule has 0 aliphatic heterocycles. The van der Waals surface area contributed by atoms with Gasteiger partial charge in [-0.2, -0.15) is 0 Å². The predicted molar refractivity (Wildman–Crippen MR) is 56.0 cm³/mol. The van der Waals surface area contributed by atoms with Crippen molar-refractivity contribution < 1.29 is 0 Å². The number of hydrogen-bond donors (Lipinski definition) is 0. The average Bonchev–Trinajstić information content (AvgIpc) is 1.97. The Kier molecular flexibility index (Phi) is 3.53. The lowest BCUT2D eigenvalue weighted by molar-refractivity contribution is 0.957. The quantitative estimate of drug-likeness (QED) is 0.532. The molecular formula is C6H3Cl5N2. The lowest BCUT2D eigenvalue weighted by atomic mass is 10.4. The first-order valence-electron chi connectivity index (χ1n) is 3.09. The third-order valence-corrected chi connectivity index (χ3v) is 2.52. The standard InChI is InChI=1S/C6H3Cl5N2/c1-2-3(7)12-5(6(9,10)11)13-4(2)8/h1H3. The van der Waals surface area contributed by atoms with Gasteiger partial charge in [0.25, 0.3) is 0 Å². The lowest BCUT2D eigenvalue weighted by Gasteiger charge is -2.10. The molecule has 2 nitrogen and oxygen atoms in total. The van der Waals surface area contributed by atoms with E-state index < -0.39 is 3.79 Å². The Morgan fingerprint density at radius 2 is 1.38 bits per heavy atom. The van der Waals surface area contributed by atoms with Crippen molar-refractivity contribution in [2.24, 2.45) is 0 Å². The maximum Gasteiger partial charge on any atom is 0.250 e. The van der Waals surface area contributed by atoms with Crippen molar-refractivity contribution >= 4 is 58.0 Å². The highest BCUT2D eigenvalue weighted by Crippen LogP contribution is 2.37. The fraction of sp³-hybridized carbons (Fsp3) is 0.333. The smallest absolute Gasteiger partial charge is 0.216 e. The highest BCUT2D eigenvalue weighted by Gasteiger charge is 2.28. The molecule has 0 saturated carbocycles. The van der Waals surface area contributed by atoms with Gasteiger partial charge in [-0.3, -0.25) is 0 Å². The van der Waals surface area contributed by atoms with Crippen LogP contribution in [0.3, 0.4) is 0 Å². The molecule has 0 atom stereocenters. The summed E-state index contributed by atoms with van der Waals surface area (Å²) in [5.41, 5.74) is 0.557. The molecule has 1 heterocycles. The van der Waals surface area contributed by atoms with Gasteiger partial charge < -0.3 is 0 Å². The maximum absolute atomic E-state index is 5.71. The number of alkyl halides is 3. The second kappa shape index (κ2) is 3.95. The van der Waals surface area contributed by atoms with Crippen LogP contribution in [-0.4, -0.2) is 9.97 Å². The SMILES string of the molecule is Cc1c(Cl)nc(C(Cl)(Cl)Cl)nc1Cl. The molecule has 0 amide bonds. The van der Waals surface area contributed by atoms with Crippen molar-refractivity contribution in [3.63, 3.8) is 0 Å². The summed E-state index contributed by atoms with van der Waals surface area (Å²) in [7, 11) is 0. The van der Waals surface area contributed by atoms with Gasteiger partial charge in [-0.25, -0.2) is 9.97 Å². The average molecular weight is 280 g/mol. The van der Waals surface area contributed by atoms with Crippen molar-refractivity contribution in [2.45, 2.75) is 10.7 Å². The van der Waals surface area contributed by atoms with E-state index in [9.17, 15) is 0 Å². The minimum atomic E-state index is -1.71. The number of aromatic nitrogens is 2. The van der Waals surface area contributed by atoms with E-state index >= 15 is 0 Å². The summed E-state index contributed by atoms with van der Waals surface area (Å²) in [5, 5.41) is 0.364. The Labute approximate surface area is 100 Å². The Morgan fingerprint density at radius 3 is 1.69 bits per heavy atom. The van der Waals surface area contributed by atoms with E-state index in [1.807, 2.05) is 0 Å². The third kappa shape index (κ3) is 2.74. The highest BCUT2D eigenvalue weighted by atomic mass is 35.6. The molecule has 0 spiro atoms. The van der Waals surface area contributed by atoms with E-state index in [0.29, 0.717) is 5.56 Å². The van der Waals surface area contributed by atoms with Crippen molar-refractivity contribution in [1.29, 1.82) is 0 Å². The Balaban J connectivity index is 3.29. The Hall–Kier alpha value is 0.530. The monoisotopic (exact) mass is 278 g/mol. The molecule has 7 heteroatoms. The lowest BCUT2D eigenvalue weighted by Crippen LogP contribution is -2.08. The Bertz CT molecular complexity index is 309. The van der Waals surface area contributed by atoms with Crippen molar-refractivity contribution in [3.8, 4) is 0 Å². The van der Waals surface area contributed by atoms with Crippen LogP contribution >= 0.6 is 58.0 Å². The van der Waals surface area contributed by atoms with Gasteiger partial charge in [-0.1, -0.05) is 58.0 Å². The second-order valence-corrected chi connectivity index (χ2v) is 5.25. The van der Waals surface area contributed by atoms with Crippen LogP contribution in [0.25, 0.3) is 0 Å². The Morgan fingerprint density at radius 1 is 1.00 bits per heavy atom. The molecular weight excluding hydrogens is 277 g/mol. The summed E-state index contributed by atoms with van der Waals surface area (Å²) >= 11 is 28.1. The molecule has 13 heavy (non-hydrogen) atoms. The number of rotatable bonds is 0. The van der Waals surface area contributed by atoms with Gasteiger partial charge in [0, 0.05) is 5.56 Å². The normalized spacial score (nSPS) is 11.8. The molecule has 0 N–H and O–H groups in total. The zero-order chi connectivity index (χ0) is 10.2. The zero-order valence-electron chi connectivity index (χ0n) is 6.28. The zero-order valence-corrected chi connectivity index (χ0v) is 10.1. The van der Waals surface area contributed by atoms with E-state index in [1.165, 1.54) is 0 Å². The molecule has 0 aromatic carbocycles. The molecule has 72 valence electrons. The molecule has 1 aromatic rings. The van der Waals surface area contributed by atoms with Gasteiger partial charge in [-0.05, 0) is 6.92 Å². The first kappa shape index (κ1) is 11.6. The summed E-state index contributed by atoms with van der Waals surface area (Å²) in [6.45, 7) is 1.67. The van der Waals surface area contributed by atoms with E-state index in [-0.39, 0.29) is 16.1 Å². The van der Waals surface area contributed by atoms with Crippen LogP contribution in [0.4, 0.5) is 0 Å². The molecule has 0 unspecified atom stereocenters. The van der Waals surface area contributed by atoms with Gasteiger partial charge in [-0.15, -0.1) is 0 Å². The van der Waals surface area contributed by atoms with Crippen molar-refractivity contribution in [1.82, 2.24) is 9.97 Å². The first-order chi connectivity index (χ1) is 5.82. The summed E-state index contributed by atoms with van der Waals surface area (Å²) in [4.78, 5) is 7.56. The summed E-state index contributed by atoms with van der Waals surface area (Å²) in [5.74, 6) is -0.0295. The molecule has 1 rings (SSSR count). The summed E-state index contributed by atoms with van der Waals surface area (Å²) in [6, 6.07) is 0. The largest absolute Gasteiger partial charge is 0.250 e. The van der Waals surface area contributed by atoms with E-state index in [4.69, 9.17) is 58.0 Å². The van der Waals surface area contributed by atoms with E-state index in [0.717, 1.165) is 0 Å². The van der Waals surface area contributed by atoms with Gasteiger partial charge >= 0.3 is 0 Å². The minimum Gasteiger partial charge on any atom is -0.216 e. The van der Waals surface area contributed by atoms with E-state index in [2.05, 4.69) is 9.97 Å². The highest BCUT2D eigenvalue weighted by molar-refractivity contribution is 6.66. The van der Waals surface area contributed by atoms with Gasteiger partial charge in [0.05, 0.1) is 0 Å². The first-order valence-corrected chi connectivity index (χ1v) is 4.98. The maximum atomic E-state index is 5.71.